The maximum Gasteiger partial charge on any atom is 0.222 e. The van der Waals surface area contributed by atoms with Gasteiger partial charge in [-0.2, -0.15) is 0 Å². The van der Waals surface area contributed by atoms with Crippen molar-refractivity contribution in [3.05, 3.63) is 0 Å². The van der Waals surface area contributed by atoms with E-state index in [0.29, 0.717) is 24.3 Å². The Bertz CT molecular complexity index is 280. The summed E-state index contributed by atoms with van der Waals surface area (Å²) in [5.74, 6) is 0.656. The lowest BCUT2D eigenvalue weighted by atomic mass is 9.80. The molecule has 2 fully saturated rings. The van der Waals surface area contributed by atoms with E-state index >= 15 is 0 Å². The highest BCUT2D eigenvalue weighted by atomic mass is 16.3. The van der Waals surface area contributed by atoms with Crippen molar-refractivity contribution in [1.29, 1.82) is 0 Å². The summed E-state index contributed by atoms with van der Waals surface area (Å²) < 4.78 is 0. The molecule has 3 atom stereocenters. The lowest BCUT2D eigenvalue weighted by molar-refractivity contribution is -0.134. The molecule has 18 heavy (non-hydrogen) atoms. The van der Waals surface area contributed by atoms with Gasteiger partial charge in [0.05, 0.1) is 6.10 Å². The number of hydrogen-bond acceptors (Lipinski definition) is 2. The van der Waals surface area contributed by atoms with E-state index in [4.69, 9.17) is 0 Å². The minimum atomic E-state index is -0.177. The Morgan fingerprint density at radius 3 is 2.72 bits per heavy atom. The van der Waals surface area contributed by atoms with Gasteiger partial charge in [-0.25, -0.2) is 0 Å². The Morgan fingerprint density at radius 2 is 2.00 bits per heavy atom. The van der Waals surface area contributed by atoms with Crippen molar-refractivity contribution >= 4 is 5.91 Å². The third-order valence-corrected chi connectivity index (χ3v) is 4.64. The van der Waals surface area contributed by atoms with E-state index in [0.717, 1.165) is 51.5 Å². The van der Waals surface area contributed by atoms with Gasteiger partial charge in [0.1, 0.15) is 0 Å². The average Bonchev–Trinajstić information content (AvgIpc) is 2.85. The summed E-state index contributed by atoms with van der Waals surface area (Å²) in [5, 5.41) is 10.2. The molecule has 1 N–H and O–H groups in total. The highest BCUT2D eigenvalue weighted by Gasteiger charge is 2.38. The SMILES string of the molecule is CCCCC(=O)N1CCCC1C1CCCCC1O. The maximum absolute atomic E-state index is 12.2. The lowest BCUT2D eigenvalue weighted by Gasteiger charge is -2.37. The van der Waals surface area contributed by atoms with Crippen molar-refractivity contribution in [1.82, 2.24) is 4.90 Å². The van der Waals surface area contributed by atoms with Crippen molar-refractivity contribution in [3.63, 3.8) is 0 Å². The first-order valence-electron chi connectivity index (χ1n) is 7.71. The maximum atomic E-state index is 12.2. The number of rotatable bonds is 4. The number of unbranched alkanes of at least 4 members (excludes halogenated alkanes) is 1. The summed E-state index contributed by atoms with van der Waals surface area (Å²) in [6.45, 7) is 3.04. The van der Waals surface area contributed by atoms with Crippen LogP contribution in [0.3, 0.4) is 0 Å². The standard InChI is InChI=1S/C15H27NO2/c1-2-3-10-15(18)16-11-6-8-13(16)12-7-4-5-9-14(12)17/h12-14,17H,2-11H2,1H3. The molecule has 2 aliphatic rings. The third-order valence-electron chi connectivity index (χ3n) is 4.64. The summed E-state index contributed by atoms with van der Waals surface area (Å²) in [6.07, 6.45) is 9.20. The Balaban J connectivity index is 1.95. The molecule has 0 aromatic carbocycles. The van der Waals surface area contributed by atoms with Crippen molar-refractivity contribution in [2.45, 2.75) is 76.9 Å². The molecule has 1 aliphatic heterocycles. The lowest BCUT2D eigenvalue weighted by Crippen LogP contribution is -2.45. The van der Waals surface area contributed by atoms with E-state index in [9.17, 15) is 9.90 Å². The van der Waals surface area contributed by atoms with Gasteiger partial charge >= 0.3 is 0 Å². The Kier molecular flexibility index (Phi) is 5.04. The number of amides is 1. The first kappa shape index (κ1) is 13.9. The van der Waals surface area contributed by atoms with E-state index in [2.05, 4.69) is 11.8 Å². The summed E-state index contributed by atoms with van der Waals surface area (Å²) in [6, 6.07) is 0.324. The van der Waals surface area contributed by atoms with Crippen molar-refractivity contribution < 1.29 is 9.90 Å². The van der Waals surface area contributed by atoms with Crippen molar-refractivity contribution in [2.75, 3.05) is 6.54 Å². The van der Waals surface area contributed by atoms with Gasteiger partial charge in [0.25, 0.3) is 0 Å². The van der Waals surface area contributed by atoms with Gasteiger partial charge in [-0.05, 0) is 32.1 Å². The zero-order valence-corrected chi connectivity index (χ0v) is 11.6. The van der Waals surface area contributed by atoms with Crippen molar-refractivity contribution in [3.8, 4) is 0 Å². The van der Waals surface area contributed by atoms with Gasteiger partial charge in [0.15, 0.2) is 0 Å². The molecule has 0 aromatic rings. The Morgan fingerprint density at radius 1 is 1.22 bits per heavy atom. The second-order valence-corrected chi connectivity index (χ2v) is 5.92. The summed E-state index contributed by atoms with van der Waals surface area (Å²) >= 11 is 0. The van der Waals surface area contributed by atoms with Crippen LogP contribution in [-0.2, 0) is 4.79 Å². The fourth-order valence-corrected chi connectivity index (χ4v) is 3.61. The second kappa shape index (κ2) is 6.55. The largest absolute Gasteiger partial charge is 0.393 e. The highest BCUT2D eigenvalue weighted by Crippen LogP contribution is 2.34. The smallest absolute Gasteiger partial charge is 0.222 e. The molecule has 104 valence electrons. The number of likely N-dealkylation sites (tertiary alicyclic amines) is 1. The molecule has 2 rings (SSSR count). The molecule has 1 saturated heterocycles. The molecule has 3 heteroatoms. The quantitative estimate of drug-likeness (QED) is 0.837. The van der Waals surface area contributed by atoms with Crippen LogP contribution in [-0.4, -0.2) is 34.6 Å². The van der Waals surface area contributed by atoms with Crippen LogP contribution in [0.25, 0.3) is 0 Å². The summed E-state index contributed by atoms with van der Waals surface area (Å²) in [4.78, 5) is 14.3. The molecule has 3 unspecified atom stereocenters. The average molecular weight is 253 g/mol. The molecule has 0 aromatic heterocycles. The Hall–Kier alpha value is -0.570. The van der Waals surface area contributed by atoms with Gasteiger partial charge in [0.2, 0.25) is 5.91 Å². The first-order chi connectivity index (χ1) is 8.74. The molecular weight excluding hydrogens is 226 g/mol. The third kappa shape index (κ3) is 3.05. The molecular formula is C15H27NO2. The minimum Gasteiger partial charge on any atom is -0.393 e. The Labute approximate surface area is 111 Å². The number of carbonyl (C=O) groups is 1. The molecule has 0 spiro atoms. The van der Waals surface area contributed by atoms with E-state index in [-0.39, 0.29) is 6.10 Å². The van der Waals surface area contributed by atoms with E-state index in [1.165, 1.54) is 6.42 Å². The number of nitrogens with zero attached hydrogens (tertiary/aromatic N) is 1. The predicted octanol–water partition coefficient (Wildman–Crippen LogP) is 2.72. The molecule has 3 nitrogen and oxygen atoms in total. The van der Waals surface area contributed by atoms with E-state index < -0.39 is 0 Å². The van der Waals surface area contributed by atoms with Gasteiger partial charge in [-0.3, -0.25) is 4.79 Å². The predicted molar refractivity (Wildman–Crippen MR) is 72.2 cm³/mol. The van der Waals surface area contributed by atoms with E-state index in [1.807, 2.05) is 0 Å². The van der Waals surface area contributed by atoms with Crippen LogP contribution in [0.5, 0.6) is 0 Å². The van der Waals surface area contributed by atoms with Crippen LogP contribution >= 0.6 is 0 Å². The summed E-state index contributed by atoms with van der Waals surface area (Å²) in [5.41, 5.74) is 0. The number of hydrogen-bond donors (Lipinski definition) is 1. The number of carbonyl (C=O) groups excluding carboxylic acids is 1. The minimum absolute atomic E-state index is 0.177. The highest BCUT2D eigenvalue weighted by molar-refractivity contribution is 5.76. The zero-order valence-electron chi connectivity index (χ0n) is 11.6. The van der Waals surface area contributed by atoms with Crippen LogP contribution in [0, 0.1) is 5.92 Å². The number of aliphatic hydroxyl groups excluding tert-OH is 1. The molecule has 1 saturated carbocycles. The first-order valence-corrected chi connectivity index (χ1v) is 7.71. The molecule has 1 amide bonds. The normalized spacial score (nSPS) is 32.8. The number of aliphatic hydroxyl groups is 1. The van der Waals surface area contributed by atoms with Crippen LogP contribution in [0.4, 0.5) is 0 Å². The van der Waals surface area contributed by atoms with Gasteiger partial charge in [-0.1, -0.05) is 26.2 Å². The molecule has 1 heterocycles. The van der Waals surface area contributed by atoms with Crippen LogP contribution in [0.2, 0.25) is 0 Å². The van der Waals surface area contributed by atoms with E-state index in [1.54, 1.807) is 0 Å². The monoisotopic (exact) mass is 253 g/mol. The molecule has 0 radical (unpaired) electrons. The molecule has 1 aliphatic carbocycles. The van der Waals surface area contributed by atoms with Gasteiger partial charge < -0.3 is 10.0 Å². The fraction of sp³-hybridized carbons (Fsp3) is 0.933. The fourth-order valence-electron chi connectivity index (χ4n) is 3.61. The van der Waals surface area contributed by atoms with Crippen LogP contribution in [0.1, 0.15) is 64.7 Å². The zero-order chi connectivity index (χ0) is 13.0. The van der Waals surface area contributed by atoms with Crippen molar-refractivity contribution in [2.24, 2.45) is 5.92 Å². The van der Waals surface area contributed by atoms with Gasteiger partial charge in [-0.15, -0.1) is 0 Å². The van der Waals surface area contributed by atoms with Crippen LogP contribution in [0.15, 0.2) is 0 Å². The van der Waals surface area contributed by atoms with Gasteiger partial charge in [0, 0.05) is 24.9 Å². The second-order valence-electron chi connectivity index (χ2n) is 5.92. The topological polar surface area (TPSA) is 40.5 Å². The molecule has 0 bridgehead atoms. The van der Waals surface area contributed by atoms with Crippen LogP contribution < -0.4 is 0 Å². The summed E-state index contributed by atoms with van der Waals surface area (Å²) in [7, 11) is 0.